The van der Waals surface area contributed by atoms with E-state index in [-0.39, 0.29) is 0 Å². The molecule has 10 nitrogen and oxygen atoms in total. The quantitative estimate of drug-likeness (QED) is 0.245. The Kier molecular flexibility index (Phi) is 4.85. The molecule has 0 aromatic rings. The van der Waals surface area contributed by atoms with E-state index in [1.165, 1.54) is 0 Å². The van der Waals surface area contributed by atoms with Crippen molar-refractivity contribution in [1.29, 1.82) is 0 Å². The molecule has 2 aliphatic heterocycles. The second kappa shape index (κ2) is 6.01. The summed E-state index contributed by atoms with van der Waals surface area (Å²) >= 11 is 0. The standard InChI is InChI=1S/C11H20O10/c12-1-4-6(15)7(16)8(17)10(21-4)11(19)9(18)5(14)3(13)2-20-11/h3-10,12-19H,1-2H2/t3-,4-,5-,6+,7+,8-,9+,10?,11+/m1/s1. The third-order valence-corrected chi connectivity index (χ3v) is 3.93. The van der Waals surface area contributed by atoms with Crippen LogP contribution in [0.2, 0.25) is 0 Å². The van der Waals surface area contributed by atoms with Crippen LogP contribution in [0, 0.1) is 0 Å². The maximum absolute atomic E-state index is 10.3. The highest BCUT2D eigenvalue weighted by atomic mass is 16.7. The molecule has 0 aliphatic carbocycles. The highest BCUT2D eigenvalue weighted by molar-refractivity contribution is 5.04. The van der Waals surface area contributed by atoms with Crippen molar-refractivity contribution in [3.05, 3.63) is 0 Å². The van der Waals surface area contributed by atoms with Gasteiger partial charge in [0, 0.05) is 0 Å². The van der Waals surface area contributed by atoms with Gasteiger partial charge in [-0.2, -0.15) is 0 Å². The molecule has 0 spiro atoms. The molecule has 0 saturated carbocycles. The van der Waals surface area contributed by atoms with Crippen LogP contribution in [0.1, 0.15) is 0 Å². The van der Waals surface area contributed by atoms with Gasteiger partial charge >= 0.3 is 0 Å². The minimum atomic E-state index is -2.63. The van der Waals surface area contributed by atoms with E-state index in [2.05, 4.69) is 0 Å². The molecule has 2 saturated heterocycles. The fourth-order valence-electron chi connectivity index (χ4n) is 2.55. The van der Waals surface area contributed by atoms with Crippen molar-refractivity contribution < 1.29 is 50.3 Å². The molecule has 0 bridgehead atoms. The maximum Gasteiger partial charge on any atom is 0.224 e. The first kappa shape index (κ1) is 17.0. The normalized spacial score (nSPS) is 55.4. The fraction of sp³-hybridized carbons (Fsp3) is 1.00. The van der Waals surface area contributed by atoms with Crippen LogP contribution in [-0.2, 0) is 9.47 Å². The molecule has 2 rings (SSSR count). The molecule has 0 aromatic heterocycles. The van der Waals surface area contributed by atoms with Crippen molar-refractivity contribution in [1.82, 2.24) is 0 Å². The minimum absolute atomic E-state index is 0.552. The summed E-state index contributed by atoms with van der Waals surface area (Å²) in [4.78, 5) is 0. The summed E-state index contributed by atoms with van der Waals surface area (Å²) in [5, 5.41) is 77.4. The molecule has 0 amide bonds. The number of rotatable bonds is 2. The Morgan fingerprint density at radius 2 is 1.52 bits per heavy atom. The van der Waals surface area contributed by atoms with E-state index in [1.807, 2.05) is 0 Å². The van der Waals surface area contributed by atoms with Gasteiger partial charge in [0.1, 0.15) is 48.8 Å². The van der Waals surface area contributed by atoms with Crippen LogP contribution >= 0.6 is 0 Å². The van der Waals surface area contributed by atoms with Gasteiger partial charge in [-0.1, -0.05) is 0 Å². The molecule has 8 N–H and O–H groups in total. The molecule has 124 valence electrons. The van der Waals surface area contributed by atoms with E-state index < -0.39 is 67.8 Å². The van der Waals surface area contributed by atoms with Crippen molar-refractivity contribution in [2.45, 2.75) is 54.6 Å². The van der Waals surface area contributed by atoms with Crippen molar-refractivity contribution in [2.75, 3.05) is 13.2 Å². The van der Waals surface area contributed by atoms with Crippen LogP contribution in [0.25, 0.3) is 0 Å². The maximum atomic E-state index is 10.3. The summed E-state index contributed by atoms with van der Waals surface area (Å²) in [5.41, 5.74) is 0. The molecule has 0 aromatic carbocycles. The van der Waals surface area contributed by atoms with Crippen LogP contribution < -0.4 is 0 Å². The Morgan fingerprint density at radius 1 is 0.905 bits per heavy atom. The van der Waals surface area contributed by atoms with Crippen LogP contribution in [-0.4, -0.2) is 109 Å². The number of hydrogen-bond donors (Lipinski definition) is 8. The van der Waals surface area contributed by atoms with Crippen LogP contribution in [0.15, 0.2) is 0 Å². The van der Waals surface area contributed by atoms with Crippen molar-refractivity contribution in [2.24, 2.45) is 0 Å². The summed E-state index contributed by atoms with van der Waals surface area (Å²) in [6, 6.07) is 0. The van der Waals surface area contributed by atoms with Crippen molar-refractivity contribution in [3.8, 4) is 0 Å². The molecular formula is C11H20O10. The number of aliphatic hydroxyl groups excluding tert-OH is 7. The van der Waals surface area contributed by atoms with Gasteiger partial charge in [-0.05, 0) is 0 Å². The highest BCUT2D eigenvalue weighted by Crippen LogP contribution is 2.35. The molecule has 1 unspecified atom stereocenters. The fourth-order valence-corrected chi connectivity index (χ4v) is 2.55. The van der Waals surface area contributed by atoms with Crippen LogP contribution in [0.5, 0.6) is 0 Å². The van der Waals surface area contributed by atoms with Crippen LogP contribution in [0.3, 0.4) is 0 Å². The largest absolute Gasteiger partial charge is 0.394 e. The Hall–Kier alpha value is -0.400. The van der Waals surface area contributed by atoms with E-state index >= 15 is 0 Å². The van der Waals surface area contributed by atoms with Gasteiger partial charge in [-0.25, -0.2) is 0 Å². The summed E-state index contributed by atoms with van der Waals surface area (Å²) in [6.07, 6.45) is -13.6. The number of aliphatic hydroxyl groups is 8. The van der Waals surface area contributed by atoms with E-state index in [9.17, 15) is 35.7 Å². The van der Waals surface area contributed by atoms with Gasteiger partial charge in [0.25, 0.3) is 0 Å². The van der Waals surface area contributed by atoms with Gasteiger partial charge in [-0.3, -0.25) is 0 Å². The molecule has 21 heavy (non-hydrogen) atoms. The Balaban J connectivity index is 2.26. The van der Waals surface area contributed by atoms with E-state index in [0.29, 0.717) is 0 Å². The lowest BCUT2D eigenvalue weighted by Crippen LogP contribution is -2.73. The molecule has 2 fully saturated rings. The second-order valence-electron chi connectivity index (χ2n) is 5.32. The summed E-state index contributed by atoms with van der Waals surface area (Å²) in [6.45, 7) is -1.28. The molecule has 0 radical (unpaired) electrons. The topological polar surface area (TPSA) is 180 Å². The molecule has 2 aliphatic rings. The first-order valence-corrected chi connectivity index (χ1v) is 6.45. The Labute approximate surface area is 119 Å². The average Bonchev–Trinajstić information content (AvgIpc) is 2.47. The average molecular weight is 312 g/mol. The van der Waals surface area contributed by atoms with Crippen molar-refractivity contribution in [3.63, 3.8) is 0 Å². The third-order valence-electron chi connectivity index (χ3n) is 3.93. The predicted molar refractivity (Wildman–Crippen MR) is 62.7 cm³/mol. The van der Waals surface area contributed by atoms with E-state index in [4.69, 9.17) is 14.6 Å². The summed E-state index contributed by atoms with van der Waals surface area (Å²) < 4.78 is 9.97. The van der Waals surface area contributed by atoms with E-state index in [1.54, 1.807) is 0 Å². The minimum Gasteiger partial charge on any atom is -0.394 e. The molecule has 10 heteroatoms. The Bertz CT molecular complexity index is 365. The molecule has 9 atom stereocenters. The number of ether oxygens (including phenoxy) is 2. The predicted octanol–water partition coefficient (Wildman–Crippen LogP) is -5.37. The van der Waals surface area contributed by atoms with Gasteiger partial charge in [-0.15, -0.1) is 0 Å². The lowest BCUT2D eigenvalue weighted by Gasteiger charge is -2.50. The second-order valence-corrected chi connectivity index (χ2v) is 5.32. The Morgan fingerprint density at radius 3 is 2.10 bits per heavy atom. The van der Waals surface area contributed by atoms with E-state index in [0.717, 1.165) is 0 Å². The lowest BCUT2D eigenvalue weighted by atomic mass is 9.85. The number of hydrogen-bond acceptors (Lipinski definition) is 10. The summed E-state index contributed by atoms with van der Waals surface area (Å²) in [5.74, 6) is -2.63. The molecular weight excluding hydrogens is 292 g/mol. The monoisotopic (exact) mass is 312 g/mol. The summed E-state index contributed by atoms with van der Waals surface area (Å²) in [7, 11) is 0. The van der Waals surface area contributed by atoms with Crippen LogP contribution in [0.4, 0.5) is 0 Å². The first-order valence-electron chi connectivity index (χ1n) is 6.45. The zero-order chi connectivity index (χ0) is 15.9. The van der Waals surface area contributed by atoms with Crippen molar-refractivity contribution >= 4 is 0 Å². The zero-order valence-corrected chi connectivity index (χ0v) is 10.9. The van der Waals surface area contributed by atoms with Gasteiger partial charge in [0.2, 0.25) is 5.79 Å². The van der Waals surface area contributed by atoms with Gasteiger partial charge in [0.15, 0.2) is 0 Å². The lowest BCUT2D eigenvalue weighted by molar-refractivity contribution is -0.389. The smallest absolute Gasteiger partial charge is 0.224 e. The van der Waals surface area contributed by atoms with Gasteiger partial charge in [0.05, 0.1) is 13.2 Å². The highest BCUT2D eigenvalue weighted by Gasteiger charge is 2.60. The SMILES string of the molecule is OC[C@H]1OC([C@@]2(O)OC[C@@H](O)[C@@H](O)[C@@H]2O)[C@H](O)[C@@H](O)[C@H]1O. The first-order chi connectivity index (χ1) is 9.74. The zero-order valence-electron chi connectivity index (χ0n) is 10.9. The third kappa shape index (κ3) is 2.68. The molecule has 2 heterocycles. The van der Waals surface area contributed by atoms with Gasteiger partial charge < -0.3 is 50.3 Å².